The number of aliphatic carboxylic acids is 1. The summed E-state index contributed by atoms with van der Waals surface area (Å²) in [5.74, 6) is -0.667. The minimum Gasteiger partial charge on any atom is -0.481 e. The van der Waals surface area contributed by atoms with Crippen LogP contribution in [0.25, 0.3) is 11.3 Å². The van der Waals surface area contributed by atoms with E-state index in [1.54, 1.807) is 11.0 Å². The van der Waals surface area contributed by atoms with Gasteiger partial charge in [0.25, 0.3) is 5.91 Å². The number of hydrogen-bond donors (Lipinski definition) is 1. The number of aromatic nitrogens is 1. The Hall–Kier alpha value is -2.63. The van der Waals surface area contributed by atoms with E-state index in [4.69, 9.17) is 4.52 Å². The van der Waals surface area contributed by atoms with E-state index in [0.717, 1.165) is 5.56 Å². The number of carboxylic acids is 1. The average molecular weight is 328 g/mol. The van der Waals surface area contributed by atoms with Crippen molar-refractivity contribution in [2.24, 2.45) is 11.3 Å². The molecular formula is C18H20N2O4. The van der Waals surface area contributed by atoms with E-state index >= 15 is 0 Å². The number of hydrogen-bond acceptors (Lipinski definition) is 4. The number of carbonyl (C=O) groups excluding carboxylic acids is 1. The molecule has 6 heteroatoms. The normalized spacial score (nSPS) is 20.5. The molecule has 126 valence electrons. The largest absolute Gasteiger partial charge is 0.481 e. The van der Waals surface area contributed by atoms with Gasteiger partial charge in [0.1, 0.15) is 0 Å². The van der Waals surface area contributed by atoms with Crippen molar-refractivity contribution in [1.82, 2.24) is 10.1 Å². The van der Waals surface area contributed by atoms with Gasteiger partial charge in [-0.3, -0.25) is 9.59 Å². The first-order valence-electron chi connectivity index (χ1n) is 7.99. The number of likely N-dealkylation sites (tertiary alicyclic amines) is 1. The molecule has 1 aromatic heterocycles. The van der Waals surface area contributed by atoms with Crippen LogP contribution in [0.4, 0.5) is 0 Å². The van der Waals surface area contributed by atoms with Crippen molar-refractivity contribution >= 4 is 11.9 Å². The first kappa shape index (κ1) is 16.2. The third kappa shape index (κ3) is 2.68. The molecule has 0 aliphatic carbocycles. The van der Waals surface area contributed by atoms with Crippen LogP contribution < -0.4 is 0 Å². The molecule has 0 radical (unpaired) electrons. The van der Waals surface area contributed by atoms with Gasteiger partial charge in [-0.2, -0.15) is 0 Å². The van der Waals surface area contributed by atoms with E-state index in [1.165, 1.54) is 0 Å². The van der Waals surface area contributed by atoms with E-state index < -0.39 is 11.4 Å². The quantitative estimate of drug-likeness (QED) is 0.933. The summed E-state index contributed by atoms with van der Waals surface area (Å²) in [4.78, 5) is 25.9. The van der Waals surface area contributed by atoms with Crippen molar-refractivity contribution in [3.63, 3.8) is 0 Å². The highest BCUT2D eigenvalue weighted by atomic mass is 16.5. The van der Waals surface area contributed by atoms with Crippen LogP contribution in [-0.2, 0) is 4.79 Å². The molecule has 1 aromatic carbocycles. The Morgan fingerprint density at radius 1 is 1.29 bits per heavy atom. The van der Waals surface area contributed by atoms with Gasteiger partial charge >= 0.3 is 5.97 Å². The molecule has 1 N–H and O–H groups in total. The van der Waals surface area contributed by atoms with Gasteiger partial charge in [-0.15, -0.1) is 0 Å². The van der Waals surface area contributed by atoms with Crippen molar-refractivity contribution in [1.29, 1.82) is 0 Å². The third-order valence-corrected chi connectivity index (χ3v) is 4.91. The van der Waals surface area contributed by atoms with Crippen LogP contribution in [0.3, 0.4) is 0 Å². The smallest absolute Gasteiger partial charge is 0.311 e. The maximum absolute atomic E-state index is 12.6. The van der Waals surface area contributed by atoms with Crippen molar-refractivity contribution in [2.45, 2.75) is 20.3 Å². The summed E-state index contributed by atoms with van der Waals surface area (Å²) in [5, 5.41) is 13.4. The molecule has 3 rings (SSSR count). The van der Waals surface area contributed by atoms with Crippen LogP contribution >= 0.6 is 0 Å². The number of amides is 1. The number of carboxylic acid groups (broad SMARTS) is 1. The van der Waals surface area contributed by atoms with Gasteiger partial charge in [0, 0.05) is 24.7 Å². The van der Waals surface area contributed by atoms with E-state index in [-0.39, 0.29) is 24.1 Å². The second kappa shape index (κ2) is 6.11. The van der Waals surface area contributed by atoms with Crippen molar-refractivity contribution in [3.05, 3.63) is 42.1 Å². The van der Waals surface area contributed by atoms with E-state index in [2.05, 4.69) is 5.16 Å². The zero-order valence-corrected chi connectivity index (χ0v) is 13.7. The molecule has 1 fully saturated rings. The number of rotatable bonds is 4. The second-order valence-corrected chi connectivity index (χ2v) is 6.54. The molecule has 1 aliphatic rings. The lowest BCUT2D eigenvalue weighted by Gasteiger charge is -2.28. The summed E-state index contributed by atoms with van der Waals surface area (Å²) >= 11 is 0. The zero-order chi connectivity index (χ0) is 17.3. The number of benzene rings is 1. The highest BCUT2D eigenvalue weighted by Gasteiger charge is 2.48. The molecular weight excluding hydrogens is 308 g/mol. The molecule has 0 spiro atoms. The summed E-state index contributed by atoms with van der Waals surface area (Å²) in [5.41, 5.74) is 0.160. The molecule has 1 atom stereocenters. The second-order valence-electron chi connectivity index (χ2n) is 6.54. The number of carbonyl (C=O) groups is 2. The van der Waals surface area contributed by atoms with Gasteiger partial charge < -0.3 is 14.5 Å². The lowest BCUT2D eigenvalue weighted by atomic mass is 9.76. The predicted octanol–water partition coefficient (Wildman–Crippen LogP) is 2.91. The summed E-state index contributed by atoms with van der Waals surface area (Å²) in [7, 11) is 0. The lowest BCUT2D eigenvalue weighted by Crippen LogP contribution is -2.40. The summed E-state index contributed by atoms with van der Waals surface area (Å²) in [6.45, 7) is 4.38. The Bertz CT molecular complexity index is 753. The van der Waals surface area contributed by atoms with Crippen LogP contribution in [-0.4, -0.2) is 40.1 Å². The SMILES string of the molecule is CC(C)C1(C(=O)O)CCN(C(=O)c2cc(-c3ccccc3)on2)C1. The van der Waals surface area contributed by atoms with Gasteiger partial charge in [-0.25, -0.2) is 0 Å². The maximum Gasteiger partial charge on any atom is 0.311 e. The van der Waals surface area contributed by atoms with Crippen LogP contribution in [0.5, 0.6) is 0 Å². The Morgan fingerprint density at radius 3 is 2.58 bits per heavy atom. The highest BCUT2D eigenvalue weighted by molar-refractivity contribution is 5.94. The standard InChI is InChI=1S/C18H20N2O4/c1-12(2)18(17(22)23)8-9-20(11-18)16(21)14-10-15(24-19-14)13-6-4-3-5-7-13/h3-7,10,12H,8-9,11H2,1-2H3,(H,22,23). The summed E-state index contributed by atoms with van der Waals surface area (Å²) in [6.07, 6.45) is 0.454. The van der Waals surface area contributed by atoms with Gasteiger partial charge in [0.2, 0.25) is 0 Å². The molecule has 24 heavy (non-hydrogen) atoms. The van der Waals surface area contributed by atoms with Crippen LogP contribution in [0.1, 0.15) is 30.8 Å². The topological polar surface area (TPSA) is 83.6 Å². The molecule has 1 unspecified atom stereocenters. The van der Waals surface area contributed by atoms with Crippen molar-refractivity contribution in [2.75, 3.05) is 13.1 Å². The molecule has 0 bridgehead atoms. The fourth-order valence-corrected chi connectivity index (χ4v) is 3.18. The van der Waals surface area contributed by atoms with E-state index in [9.17, 15) is 14.7 Å². The molecule has 0 saturated carbocycles. The first-order chi connectivity index (χ1) is 11.4. The Morgan fingerprint density at radius 2 is 2.00 bits per heavy atom. The Kier molecular flexibility index (Phi) is 4.13. The monoisotopic (exact) mass is 328 g/mol. The van der Waals surface area contributed by atoms with Gasteiger partial charge in [-0.1, -0.05) is 49.3 Å². The summed E-state index contributed by atoms with van der Waals surface area (Å²) in [6, 6.07) is 11.0. The van der Waals surface area contributed by atoms with Gasteiger partial charge in [-0.05, 0) is 12.3 Å². The molecule has 1 saturated heterocycles. The Labute approximate surface area is 140 Å². The lowest BCUT2D eigenvalue weighted by molar-refractivity contribution is -0.150. The Balaban J connectivity index is 1.79. The van der Waals surface area contributed by atoms with Crippen molar-refractivity contribution in [3.8, 4) is 11.3 Å². The minimum atomic E-state index is -0.887. The fourth-order valence-electron chi connectivity index (χ4n) is 3.18. The van der Waals surface area contributed by atoms with Crippen LogP contribution in [0, 0.1) is 11.3 Å². The minimum absolute atomic E-state index is 0.0509. The average Bonchev–Trinajstić information content (AvgIpc) is 3.23. The zero-order valence-electron chi connectivity index (χ0n) is 13.7. The number of nitrogens with zero attached hydrogens (tertiary/aromatic N) is 2. The maximum atomic E-state index is 12.6. The first-order valence-corrected chi connectivity index (χ1v) is 7.99. The fraction of sp³-hybridized carbons (Fsp3) is 0.389. The van der Waals surface area contributed by atoms with Gasteiger partial charge in [0.15, 0.2) is 11.5 Å². The van der Waals surface area contributed by atoms with Crippen LogP contribution in [0.15, 0.2) is 40.9 Å². The summed E-state index contributed by atoms with van der Waals surface area (Å²) < 4.78 is 5.26. The highest BCUT2D eigenvalue weighted by Crippen LogP contribution is 2.38. The van der Waals surface area contributed by atoms with Gasteiger partial charge in [0.05, 0.1) is 5.41 Å². The molecule has 1 amide bonds. The predicted molar refractivity (Wildman–Crippen MR) is 87.4 cm³/mol. The third-order valence-electron chi connectivity index (χ3n) is 4.91. The van der Waals surface area contributed by atoms with E-state index in [0.29, 0.717) is 18.7 Å². The molecule has 2 aromatic rings. The molecule has 2 heterocycles. The van der Waals surface area contributed by atoms with Crippen molar-refractivity contribution < 1.29 is 19.2 Å². The van der Waals surface area contributed by atoms with Crippen LogP contribution in [0.2, 0.25) is 0 Å². The molecule has 6 nitrogen and oxygen atoms in total. The van der Waals surface area contributed by atoms with E-state index in [1.807, 2.05) is 44.2 Å². The molecule has 1 aliphatic heterocycles.